The summed E-state index contributed by atoms with van der Waals surface area (Å²) in [5, 5.41) is 0. The van der Waals surface area contributed by atoms with Gasteiger partial charge in [-0.15, -0.1) is 0 Å². The Morgan fingerprint density at radius 2 is 1.60 bits per heavy atom. The summed E-state index contributed by atoms with van der Waals surface area (Å²) in [6.45, 7) is 1.95. The van der Waals surface area contributed by atoms with Crippen LogP contribution in [0.1, 0.15) is 11.1 Å². The van der Waals surface area contributed by atoms with Gasteiger partial charge in [0.2, 0.25) is 0 Å². The standard InChI is InChI=1S/C15H14BrNO2S/c1-12-2-6-14(7-3-12)17-20(18,19)15-8-4-13(5-9-15)10-11-16/h2-11,17H,1H3. The number of aryl methyl sites for hydroxylation is 1. The summed E-state index contributed by atoms with van der Waals surface area (Å²) < 4.78 is 27.0. The van der Waals surface area contributed by atoms with Gasteiger partial charge >= 0.3 is 0 Å². The normalized spacial score (nSPS) is 11.7. The summed E-state index contributed by atoms with van der Waals surface area (Å²) in [5.41, 5.74) is 2.56. The summed E-state index contributed by atoms with van der Waals surface area (Å²) >= 11 is 3.18. The number of sulfonamides is 1. The molecule has 0 spiro atoms. The Balaban J connectivity index is 2.23. The van der Waals surface area contributed by atoms with Gasteiger partial charge in [0.25, 0.3) is 10.0 Å². The highest BCUT2D eigenvalue weighted by Gasteiger charge is 2.13. The van der Waals surface area contributed by atoms with Crippen molar-refractivity contribution in [3.63, 3.8) is 0 Å². The van der Waals surface area contributed by atoms with Crippen molar-refractivity contribution >= 4 is 37.7 Å². The minimum absolute atomic E-state index is 0.241. The number of benzene rings is 2. The molecule has 0 fully saturated rings. The Hall–Kier alpha value is -1.59. The Labute approximate surface area is 127 Å². The molecule has 0 saturated carbocycles. The van der Waals surface area contributed by atoms with E-state index >= 15 is 0 Å². The molecular weight excluding hydrogens is 338 g/mol. The molecule has 0 atom stereocenters. The summed E-state index contributed by atoms with van der Waals surface area (Å²) in [4.78, 5) is 1.96. The van der Waals surface area contributed by atoms with Crippen LogP contribution in [0, 0.1) is 6.92 Å². The highest BCUT2D eigenvalue weighted by molar-refractivity contribution is 9.11. The van der Waals surface area contributed by atoms with E-state index in [1.54, 1.807) is 41.4 Å². The number of rotatable bonds is 4. The highest BCUT2D eigenvalue weighted by atomic mass is 79.9. The van der Waals surface area contributed by atoms with E-state index in [1.807, 2.05) is 25.1 Å². The maximum atomic E-state index is 12.2. The molecule has 0 aliphatic rings. The summed E-state index contributed by atoms with van der Waals surface area (Å²) in [6.07, 6.45) is 1.84. The van der Waals surface area contributed by atoms with Gasteiger partial charge in [-0.05, 0) is 47.8 Å². The quantitative estimate of drug-likeness (QED) is 0.898. The van der Waals surface area contributed by atoms with E-state index in [-0.39, 0.29) is 4.90 Å². The topological polar surface area (TPSA) is 46.2 Å². The van der Waals surface area contributed by atoms with Crippen LogP contribution in [-0.4, -0.2) is 8.42 Å². The molecule has 20 heavy (non-hydrogen) atoms. The first-order chi connectivity index (χ1) is 9.51. The lowest BCUT2D eigenvalue weighted by molar-refractivity contribution is 0.601. The van der Waals surface area contributed by atoms with Crippen molar-refractivity contribution in [2.45, 2.75) is 11.8 Å². The van der Waals surface area contributed by atoms with Crippen molar-refractivity contribution in [3.05, 3.63) is 64.6 Å². The summed E-state index contributed by atoms with van der Waals surface area (Å²) in [7, 11) is -3.54. The molecule has 0 aromatic heterocycles. The van der Waals surface area contributed by atoms with Crippen LogP contribution >= 0.6 is 15.9 Å². The minimum atomic E-state index is -3.54. The first-order valence-corrected chi connectivity index (χ1v) is 8.37. The van der Waals surface area contributed by atoms with E-state index in [2.05, 4.69) is 20.7 Å². The highest BCUT2D eigenvalue weighted by Crippen LogP contribution is 2.17. The van der Waals surface area contributed by atoms with E-state index in [9.17, 15) is 8.42 Å². The van der Waals surface area contributed by atoms with Crippen molar-refractivity contribution in [1.29, 1.82) is 0 Å². The first-order valence-electron chi connectivity index (χ1n) is 5.97. The lowest BCUT2D eigenvalue weighted by atomic mass is 10.2. The van der Waals surface area contributed by atoms with Crippen LogP contribution < -0.4 is 4.72 Å². The van der Waals surface area contributed by atoms with Gasteiger partial charge in [-0.25, -0.2) is 8.42 Å². The van der Waals surface area contributed by atoms with Gasteiger partial charge in [0.15, 0.2) is 0 Å². The van der Waals surface area contributed by atoms with Gasteiger partial charge in [0.1, 0.15) is 0 Å². The molecule has 2 aromatic carbocycles. The van der Waals surface area contributed by atoms with Crippen LogP contribution in [-0.2, 0) is 10.0 Å². The van der Waals surface area contributed by atoms with E-state index in [1.165, 1.54) is 0 Å². The third kappa shape index (κ3) is 3.71. The molecule has 5 heteroatoms. The maximum Gasteiger partial charge on any atom is 0.261 e. The van der Waals surface area contributed by atoms with Gasteiger partial charge in [0.05, 0.1) is 4.90 Å². The van der Waals surface area contributed by atoms with Gasteiger partial charge in [-0.3, -0.25) is 4.72 Å². The number of hydrogen-bond acceptors (Lipinski definition) is 2. The van der Waals surface area contributed by atoms with Crippen LogP contribution in [0.5, 0.6) is 0 Å². The zero-order chi connectivity index (χ0) is 14.6. The number of anilines is 1. The second-order valence-electron chi connectivity index (χ2n) is 4.33. The number of halogens is 1. The van der Waals surface area contributed by atoms with Gasteiger partial charge in [0, 0.05) is 5.69 Å². The number of nitrogens with one attached hydrogen (secondary N) is 1. The van der Waals surface area contributed by atoms with E-state index < -0.39 is 10.0 Å². The van der Waals surface area contributed by atoms with Gasteiger partial charge < -0.3 is 0 Å². The molecule has 0 aliphatic carbocycles. The zero-order valence-electron chi connectivity index (χ0n) is 10.9. The van der Waals surface area contributed by atoms with E-state index in [4.69, 9.17) is 0 Å². The molecule has 0 amide bonds. The zero-order valence-corrected chi connectivity index (χ0v) is 13.3. The summed E-state index contributed by atoms with van der Waals surface area (Å²) in [6, 6.07) is 13.9. The number of hydrogen-bond donors (Lipinski definition) is 1. The van der Waals surface area contributed by atoms with Crippen LogP contribution in [0.25, 0.3) is 6.08 Å². The average Bonchev–Trinajstić information content (AvgIpc) is 2.42. The van der Waals surface area contributed by atoms with Crippen molar-refractivity contribution < 1.29 is 8.42 Å². The molecule has 0 aliphatic heterocycles. The van der Waals surface area contributed by atoms with Crippen LogP contribution in [0.2, 0.25) is 0 Å². The molecule has 0 bridgehead atoms. The smallest absolute Gasteiger partial charge is 0.261 e. The Bertz CT molecular complexity index is 705. The van der Waals surface area contributed by atoms with Crippen molar-refractivity contribution in [1.82, 2.24) is 0 Å². The minimum Gasteiger partial charge on any atom is -0.280 e. The second kappa shape index (κ2) is 6.24. The van der Waals surface area contributed by atoms with E-state index in [0.29, 0.717) is 5.69 Å². The van der Waals surface area contributed by atoms with Crippen molar-refractivity contribution in [2.24, 2.45) is 0 Å². The lowest BCUT2D eigenvalue weighted by Crippen LogP contribution is -2.12. The molecule has 104 valence electrons. The molecule has 2 rings (SSSR count). The molecule has 1 N–H and O–H groups in total. The fourth-order valence-corrected chi connectivity index (χ4v) is 3.03. The second-order valence-corrected chi connectivity index (χ2v) is 6.54. The molecular formula is C15H14BrNO2S. The van der Waals surface area contributed by atoms with E-state index in [0.717, 1.165) is 11.1 Å². The third-order valence-corrected chi connectivity index (χ3v) is 4.41. The van der Waals surface area contributed by atoms with Crippen LogP contribution in [0.4, 0.5) is 5.69 Å². The van der Waals surface area contributed by atoms with Crippen LogP contribution in [0.3, 0.4) is 0 Å². The molecule has 0 radical (unpaired) electrons. The predicted octanol–water partition coefficient (Wildman–Crippen LogP) is 4.16. The third-order valence-electron chi connectivity index (χ3n) is 2.75. The van der Waals surface area contributed by atoms with Crippen LogP contribution in [0.15, 0.2) is 58.4 Å². The summed E-state index contributed by atoms with van der Waals surface area (Å²) in [5.74, 6) is 0. The molecule has 3 nitrogen and oxygen atoms in total. The lowest BCUT2D eigenvalue weighted by Gasteiger charge is -2.08. The molecule has 0 saturated heterocycles. The van der Waals surface area contributed by atoms with Crippen molar-refractivity contribution in [2.75, 3.05) is 4.72 Å². The van der Waals surface area contributed by atoms with Crippen molar-refractivity contribution in [3.8, 4) is 0 Å². The molecule has 0 heterocycles. The Morgan fingerprint density at radius 3 is 2.15 bits per heavy atom. The maximum absolute atomic E-state index is 12.2. The Kier molecular flexibility index (Phi) is 4.62. The monoisotopic (exact) mass is 351 g/mol. The van der Waals surface area contributed by atoms with Gasteiger partial charge in [-0.2, -0.15) is 0 Å². The largest absolute Gasteiger partial charge is 0.280 e. The molecule has 2 aromatic rings. The average molecular weight is 352 g/mol. The SMILES string of the molecule is Cc1ccc(NS(=O)(=O)c2ccc(C=CBr)cc2)cc1. The fourth-order valence-electron chi connectivity index (χ4n) is 1.67. The molecule has 0 unspecified atom stereocenters. The predicted molar refractivity (Wildman–Crippen MR) is 86.4 cm³/mol. The first kappa shape index (κ1) is 14.8. The van der Waals surface area contributed by atoms with Gasteiger partial charge in [-0.1, -0.05) is 45.8 Å². The Morgan fingerprint density at radius 1 is 1.00 bits per heavy atom. The fraction of sp³-hybridized carbons (Fsp3) is 0.0667.